The summed E-state index contributed by atoms with van der Waals surface area (Å²) in [5.74, 6) is 0.844. The number of ether oxygens (including phenoxy) is 1. The Kier molecular flexibility index (Phi) is 3.25. The van der Waals surface area contributed by atoms with Gasteiger partial charge >= 0.3 is 0 Å². The van der Waals surface area contributed by atoms with E-state index in [0.29, 0.717) is 5.56 Å². The highest BCUT2D eigenvalue weighted by Gasteiger charge is 2.18. The zero-order chi connectivity index (χ0) is 13.2. The van der Waals surface area contributed by atoms with Crippen LogP contribution in [0.15, 0.2) is 36.4 Å². The minimum Gasteiger partial charge on any atom is -0.487 e. The molecule has 0 amide bonds. The van der Waals surface area contributed by atoms with E-state index in [1.807, 2.05) is 36.4 Å². The Labute approximate surface area is 108 Å². The van der Waals surface area contributed by atoms with Crippen LogP contribution in [0.25, 0.3) is 10.8 Å². The molecule has 0 bridgehead atoms. The maximum atomic E-state index is 9.11. The minimum absolute atomic E-state index is 0.197. The summed E-state index contributed by atoms with van der Waals surface area (Å²) < 4.78 is 6.05. The van der Waals surface area contributed by atoms with E-state index in [1.165, 1.54) is 0 Å². The molecule has 0 aliphatic rings. The lowest BCUT2D eigenvalue weighted by atomic mass is 10.0. The van der Waals surface area contributed by atoms with Crippen LogP contribution in [-0.4, -0.2) is 5.60 Å². The minimum atomic E-state index is -0.197. The molecule has 0 spiro atoms. The van der Waals surface area contributed by atoms with Crippen molar-refractivity contribution in [2.45, 2.75) is 32.8 Å². The van der Waals surface area contributed by atoms with Crippen LogP contribution in [0.3, 0.4) is 0 Å². The fraction of sp³-hybridized carbons (Fsp3) is 0.312. The number of nitrogens with zero attached hydrogens (tertiary/aromatic N) is 1. The van der Waals surface area contributed by atoms with Gasteiger partial charge in [-0.15, -0.1) is 0 Å². The Morgan fingerprint density at radius 3 is 2.39 bits per heavy atom. The number of hydrogen-bond acceptors (Lipinski definition) is 2. The van der Waals surface area contributed by atoms with Crippen molar-refractivity contribution in [2.75, 3.05) is 0 Å². The first-order chi connectivity index (χ1) is 8.57. The van der Waals surface area contributed by atoms with Gasteiger partial charge in [-0.3, -0.25) is 0 Å². The summed E-state index contributed by atoms with van der Waals surface area (Å²) in [7, 11) is 0. The van der Waals surface area contributed by atoms with Gasteiger partial charge in [0.1, 0.15) is 11.4 Å². The summed E-state index contributed by atoms with van der Waals surface area (Å²) in [4.78, 5) is 0. The maximum Gasteiger partial charge on any atom is 0.128 e. The molecule has 0 aromatic heterocycles. The SMILES string of the molecule is CCC(C)(C)Oc1ccc(C#N)c2ccccc12. The van der Waals surface area contributed by atoms with E-state index in [2.05, 4.69) is 26.8 Å². The van der Waals surface area contributed by atoms with Gasteiger partial charge in [0.15, 0.2) is 0 Å². The van der Waals surface area contributed by atoms with Crippen molar-refractivity contribution in [3.63, 3.8) is 0 Å². The van der Waals surface area contributed by atoms with E-state index < -0.39 is 0 Å². The average Bonchev–Trinajstić information content (AvgIpc) is 2.39. The molecule has 0 radical (unpaired) electrons. The molecule has 0 N–H and O–H groups in total. The largest absolute Gasteiger partial charge is 0.487 e. The highest BCUT2D eigenvalue weighted by molar-refractivity contribution is 5.92. The van der Waals surface area contributed by atoms with E-state index >= 15 is 0 Å². The number of hydrogen-bond donors (Lipinski definition) is 0. The molecule has 0 heterocycles. The lowest BCUT2D eigenvalue weighted by molar-refractivity contribution is 0.107. The molecular formula is C16H17NO. The van der Waals surface area contributed by atoms with Crippen molar-refractivity contribution in [3.8, 4) is 11.8 Å². The van der Waals surface area contributed by atoms with Gasteiger partial charge in [-0.1, -0.05) is 31.2 Å². The molecule has 2 nitrogen and oxygen atoms in total. The average molecular weight is 239 g/mol. The first-order valence-electron chi connectivity index (χ1n) is 6.18. The van der Waals surface area contributed by atoms with Crippen molar-refractivity contribution in [1.82, 2.24) is 0 Å². The third-order valence-electron chi connectivity index (χ3n) is 3.24. The van der Waals surface area contributed by atoms with Gasteiger partial charge < -0.3 is 4.74 Å². The second kappa shape index (κ2) is 4.70. The summed E-state index contributed by atoms with van der Waals surface area (Å²) in [6.45, 7) is 6.24. The fourth-order valence-electron chi connectivity index (χ4n) is 1.83. The summed E-state index contributed by atoms with van der Waals surface area (Å²) >= 11 is 0. The molecule has 2 aromatic rings. The van der Waals surface area contributed by atoms with Crippen LogP contribution in [0.5, 0.6) is 5.75 Å². The van der Waals surface area contributed by atoms with Crippen LogP contribution in [0.4, 0.5) is 0 Å². The molecule has 0 atom stereocenters. The third kappa shape index (κ3) is 2.31. The second-order valence-corrected chi connectivity index (χ2v) is 4.98. The van der Waals surface area contributed by atoms with Gasteiger partial charge in [0, 0.05) is 10.8 Å². The molecule has 0 saturated carbocycles. The Morgan fingerprint density at radius 2 is 1.78 bits per heavy atom. The smallest absolute Gasteiger partial charge is 0.128 e. The lowest BCUT2D eigenvalue weighted by Crippen LogP contribution is -2.26. The highest BCUT2D eigenvalue weighted by atomic mass is 16.5. The molecule has 2 heteroatoms. The van der Waals surface area contributed by atoms with Gasteiger partial charge in [0.2, 0.25) is 0 Å². The van der Waals surface area contributed by atoms with E-state index in [9.17, 15) is 0 Å². The van der Waals surface area contributed by atoms with E-state index in [1.54, 1.807) is 0 Å². The van der Waals surface area contributed by atoms with Crippen LogP contribution in [0.1, 0.15) is 32.8 Å². The van der Waals surface area contributed by atoms with Crippen molar-refractivity contribution in [2.24, 2.45) is 0 Å². The number of rotatable bonds is 3. The van der Waals surface area contributed by atoms with E-state index in [4.69, 9.17) is 10.00 Å². The number of fused-ring (bicyclic) bond motifs is 1. The standard InChI is InChI=1S/C16H17NO/c1-4-16(2,3)18-15-10-9-12(11-17)13-7-5-6-8-14(13)15/h5-10H,4H2,1-3H3. The van der Waals surface area contributed by atoms with Gasteiger partial charge in [-0.2, -0.15) is 5.26 Å². The van der Waals surface area contributed by atoms with Crippen LogP contribution in [0.2, 0.25) is 0 Å². The molecular weight excluding hydrogens is 222 g/mol. The van der Waals surface area contributed by atoms with Crippen LogP contribution in [-0.2, 0) is 0 Å². The summed E-state index contributed by atoms with van der Waals surface area (Å²) in [5, 5.41) is 11.1. The summed E-state index contributed by atoms with van der Waals surface area (Å²) in [5.41, 5.74) is 0.490. The quantitative estimate of drug-likeness (QED) is 0.801. The molecule has 0 aliphatic heterocycles. The fourth-order valence-corrected chi connectivity index (χ4v) is 1.83. The lowest BCUT2D eigenvalue weighted by Gasteiger charge is -2.25. The zero-order valence-corrected chi connectivity index (χ0v) is 11.0. The zero-order valence-electron chi connectivity index (χ0n) is 11.0. The number of benzene rings is 2. The molecule has 0 aliphatic carbocycles. The van der Waals surface area contributed by atoms with Crippen molar-refractivity contribution >= 4 is 10.8 Å². The maximum absolute atomic E-state index is 9.11. The normalized spacial score (nSPS) is 11.2. The van der Waals surface area contributed by atoms with Gasteiger partial charge in [-0.25, -0.2) is 0 Å². The van der Waals surface area contributed by atoms with Crippen LogP contribution in [0, 0.1) is 11.3 Å². The van der Waals surface area contributed by atoms with Crippen molar-refractivity contribution in [3.05, 3.63) is 42.0 Å². The van der Waals surface area contributed by atoms with Gasteiger partial charge in [0.05, 0.1) is 11.6 Å². The number of nitriles is 1. The van der Waals surface area contributed by atoms with Crippen molar-refractivity contribution < 1.29 is 4.74 Å². The summed E-state index contributed by atoms with van der Waals surface area (Å²) in [6.07, 6.45) is 0.932. The Morgan fingerprint density at radius 1 is 1.11 bits per heavy atom. The Hall–Kier alpha value is -2.01. The topological polar surface area (TPSA) is 33.0 Å². The Bertz CT molecular complexity index is 608. The molecule has 2 rings (SSSR count). The molecule has 0 unspecified atom stereocenters. The van der Waals surface area contributed by atoms with Gasteiger partial charge in [-0.05, 0) is 32.4 Å². The molecule has 2 aromatic carbocycles. The first-order valence-corrected chi connectivity index (χ1v) is 6.18. The van der Waals surface area contributed by atoms with Crippen LogP contribution >= 0.6 is 0 Å². The van der Waals surface area contributed by atoms with E-state index in [-0.39, 0.29) is 5.60 Å². The first kappa shape index (κ1) is 12.4. The predicted octanol–water partition coefficient (Wildman–Crippen LogP) is 4.28. The third-order valence-corrected chi connectivity index (χ3v) is 3.24. The highest BCUT2D eigenvalue weighted by Crippen LogP contribution is 2.31. The summed E-state index contributed by atoms with van der Waals surface area (Å²) in [6, 6.07) is 13.8. The van der Waals surface area contributed by atoms with Crippen LogP contribution < -0.4 is 4.74 Å². The molecule has 18 heavy (non-hydrogen) atoms. The molecule has 92 valence electrons. The van der Waals surface area contributed by atoms with Crippen molar-refractivity contribution in [1.29, 1.82) is 5.26 Å². The van der Waals surface area contributed by atoms with Gasteiger partial charge in [0.25, 0.3) is 0 Å². The Balaban J connectivity index is 2.57. The second-order valence-electron chi connectivity index (χ2n) is 4.98. The molecule has 0 fully saturated rings. The van der Waals surface area contributed by atoms with E-state index in [0.717, 1.165) is 22.9 Å². The molecule has 0 saturated heterocycles. The predicted molar refractivity (Wildman–Crippen MR) is 73.7 cm³/mol. The monoisotopic (exact) mass is 239 g/mol.